The quantitative estimate of drug-likeness (QED) is 0.403. The zero-order chi connectivity index (χ0) is 27.3. The molecule has 0 saturated heterocycles. The highest BCUT2D eigenvalue weighted by Gasteiger charge is 2.23. The molecule has 1 aliphatic rings. The zero-order valence-corrected chi connectivity index (χ0v) is 23.2. The Kier molecular flexibility index (Phi) is 11.2. The van der Waals surface area contributed by atoms with Gasteiger partial charge in [-0.2, -0.15) is 0 Å². The molecule has 3 rings (SSSR count). The SMILES string of the molecule is CCCN1C=C(C(=O)N(CCOC(=O)NCCN(C(=O)OC)c2ccccc2)c2ccccc2)C=C(Br)C1. The Labute approximate surface area is 231 Å². The van der Waals surface area contributed by atoms with E-state index in [-0.39, 0.29) is 32.1 Å². The topological polar surface area (TPSA) is 91.4 Å². The summed E-state index contributed by atoms with van der Waals surface area (Å²) in [4.78, 5) is 43.1. The maximum atomic E-state index is 13.5. The first kappa shape index (κ1) is 28.8. The number of nitrogens with one attached hydrogen (secondary N) is 1. The lowest BCUT2D eigenvalue weighted by atomic mass is 10.1. The number of carbonyl (C=O) groups excluding carboxylic acids is 3. The fraction of sp³-hybridized carbons (Fsp3) is 0.321. The number of hydrogen-bond acceptors (Lipinski definition) is 6. The van der Waals surface area contributed by atoms with Crippen molar-refractivity contribution in [1.82, 2.24) is 10.2 Å². The Morgan fingerprint density at radius 2 is 1.61 bits per heavy atom. The molecule has 1 N–H and O–H groups in total. The van der Waals surface area contributed by atoms with Gasteiger partial charge in [-0.1, -0.05) is 59.3 Å². The predicted molar refractivity (Wildman–Crippen MR) is 151 cm³/mol. The van der Waals surface area contributed by atoms with Crippen molar-refractivity contribution >= 4 is 45.4 Å². The van der Waals surface area contributed by atoms with Gasteiger partial charge in [0.15, 0.2) is 0 Å². The normalized spacial score (nSPS) is 12.7. The van der Waals surface area contributed by atoms with Gasteiger partial charge in [0.2, 0.25) is 0 Å². The van der Waals surface area contributed by atoms with Crippen LogP contribution in [0.4, 0.5) is 21.0 Å². The number of anilines is 2. The first-order chi connectivity index (χ1) is 18.4. The van der Waals surface area contributed by atoms with E-state index in [1.165, 1.54) is 12.0 Å². The molecule has 202 valence electrons. The number of alkyl carbamates (subject to hydrolysis) is 1. The van der Waals surface area contributed by atoms with E-state index in [1.54, 1.807) is 17.0 Å². The molecule has 3 amide bonds. The number of rotatable bonds is 11. The second-order valence-corrected chi connectivity index (χ2v) is 9.48. The molecule has 0 saturated carbocycles. The molecule has 2 aromatic rings. The van der Waals surface area contributed by atoms with Crippen LogP contribution >= 0.6 is 15.9 Å². The number of ether oxygens (including phenoxy) is 2. The van der Waals surface area contributed by atoms with E-state index in [0.29, 0.717) is 16.9 Å². The van der Waals surface area contributed by atoms with Crippen LogP contribution in [0.2, 0.25) is 0 Å². The lowest BCUT2D eigenvalue weighted by molar-refractivity contribution is -0.115. The molecule has 1 heterocycles. The number of halogens is 1. The molecule has 0 fully saturated rings. The van der Waals surface area contributed by atoms with Crippen molar-refractivity contribution in [1.29, 1.82) is 0 Å². The number of hydrogen-bond donors (Lipinski definition) is 1. The van der Waals surface area contributed by atoms with Crippen LogP contribution in [0.15, 0.2) is 83.0 Å². The van der Waals surface area contributed by atoms with Crippen LogP contribution in [-0.2, 0) is 14.3 Å². The summed E-state index contributed by atoms with van der Waals surface area (Å²) in [5.74, 6) is -0.186. The minimum absolute atomic E-state index is 0.0112. The average molecular weight is 585 g/mol. The van der Waals surface area contributed by atoms with Crippen LogP contribution in [0.1, 0.15) is 13.3 Å². The molecular weight excluding hydrogens is 552 g/mol. The summed E-state index contributed by atoms with van der Waals surface area (Å²) in [5.41, 5.74) is 1.91. The fourth-order valence-corrected chi connectivity index (χ4v) is 4.51. The van der Waals surface area contributed by atoms with Crippen molar-refractivity contribution in [3.8, 4) is 0 Å². The Bertz CT molecular complexity index is 1140. The van der Waals surface area contributed by atoms with Gasteiger partial charge in [-0.05, 0) is 36.8 Å². The summed E-state index contributed by atoms with van der Waals surface area (Å²) in [7, 11) is 1.30. The van der Waals surface area contributed by atoms with Crippen molar-refractivity contribution in [2.75, 3.05) is 56.2 Å². The van der Waals surface area contributed by atoms with Gasteiger partial charge >= 0.3 is 12.2 Å². The minimum Gasteiger partial charge on any atom is -0.452 e. The third kappa shape index (κ3) is 8.37. The molecule has 9 nitrogen and oxygen atoms in total. The standard InChI is InChI=1S/C28H33BrN4O5/c1-3-15-31-20-22(19-23(29)21-31)26(34)32(24-10-6-4-7-11-24)17-18-38-27(35)30-14-16-33(28(36)37-2)25-12-8-5-9-13-25/h4-13,19-20H,3,14-18,21H2,1-2H3,(H,30,35). The van der Waals surface area contributed by atoms with Crippen molar-refractivity contribution in [3.63, 3.8) is 0 Å². The van der Waals surface area contributed by atoms with Crippen LogP contribution in [0, 0.1) is 0 Å². The molecule has 0 aromatic heterocycles. The van der Waals surface area contributed by atoms with Crippen LogP contribution in [0.5, 0.6) is 0 Å². The highest BCUT2D eigenvalue weighted by molar-refractivity contribution is 9.11. The number of para-hydroxylation sites is 2. The summed E-state index contributed by atoms with van der Waals surface area (Å²) in [6.45, 7) is 4.17. The maximum absolute atomic E-state index is 13.5. The van der Waals surface area contributed by atoms with Gasteiger partial charge in [0.25, 0.3) is 5.91 Å². The average Bonchev–Trinajstić information content (AvgIpc) is 2.93. The van der Waals surface area contributed by atoms with Crippen molar-refractivity contribution in [3.05, 3.63) is 83.0 Å². The molecular formula is C28H33BrN4O5. The minimum atomic E-state index is -0.642. The molecule has 0 atom stereocenters. The molecule has 0 aliphatic carbocycles. The summed E-state index contributed by atoms with van der Waals surface area (Å²) in [6, 6.07) is 18.3. The van der Waals surface area contributed by atoms with Gasteiger partial charge in [0, 0.05) is 48.2 Å². The van der Waals surface area contributed by atoms with Crippen LogP contribution in [0.25, 0.3) is 0 Å². The molecule has 0 radical (unpaired) electrons. The first-order valence-corrected chi connectivity index (χ1v) is 13.2. The zero-order valence-electron chi connectivity index (χ0n) is 21.6. The van der Waals surface area contributed by atoms with Crippen molar-refractivity contribution < 1.29 is 23.9 Å². The Morgan fingerprint density at radius 3 is 2.21 bits per heavy atom. The Hall–Kier alpha value is -3.79. The highest BCUT2D eigenvalue weighted by Crippen LogP contribution is 2.23. The van der Waals surface area contributed by atoms with Gasteiger partial charge in [0.1, 0.15) is 6.61 Å². The third-order valence-electron chi connectivity index (χ3n) is 5.67. The van der Waals surface area contributed by atoms with Gasteiger partial charge in [-0.3, -0.25) is 9.69 Å². The number of benzene rings is 2. The van der Waals surface area contributed by atoms with E-state index in [9.17, 15) is 14.4 Å². The highest BCUT2D eigenvalue weighted by atomic mass is 79.9. The molecule has 0 unspecified atom stereocenters. The molecule has 0 bridgehead atoms. The molecule has 0 spiro atoms. The molecule has 38 heavy (non-hydrogen) atoms. The van der Waals surface area contributed by atoms with Gasteiger partial charge < -0.3 is 24.6 Å². The summed E-state index contributed by atoms with van der Waals surface area (Å²) >= 11 is 3.54. The number of carbonyl (C=O) groups is 3. The van der Waals surface area contributed by atoms with Gasteiger partial charge in [0.05, 0.1) is 19.2 Å². The third-order valence-corrected chi connectivity index (χ3v) is 6.15. The van der Waals surface area contributed by atoms with E-state index >= 15 is 0 Å². The maximum Gasteiger partial charge on any atom is 0.414 e. The van der Waals surface area contributed by atoms with E-state index in [1.807, 2.05) is 60.8 Å². The van der Waals surface area contributed by atoms with Crippen LogP contribution in [-0.4, -0.2) is 69.4 Å². The number of nitrogens with zero attached hydrogens (tertiary/aromatic N) is 3. The lowest BCUT2D eigenvalue weighted by Gasteiger charge is -2.28. The molecule has 10 heteroatoms. The fourth-order valence-electron chi connectivity index (χ4n) is 3.94. The summed E-state index contributed by atoms with van der Waals surface area (Å²) < 4.78 is 11.1. The second kappa shape index (κ2) is 14.8. The monoisotopic (exact) mass is 584 g/mol. The van der Waals surface area contributed by atoms with Crippen LogP contribution in [0.3, 0.4) is 0 Å². The molecule has 1 aliphatic heterocycles. The smallest absolute Gasteiger partial charge is 0.414 e. The molecule has 2 aromatic carbocycles. The second-order valence-electron chi connectivity index (χ2n) is 8.46. The largest absolute Gasteiger partial charge is 0.452 e. The summed E-state index contributed by atoms with van der Waals surface area (Å²) in [6.07, 6.45) is 3.50. The Morgan fingerprint density at radius 1 is 0.974 bits per heavy atom. The van der Waals surface area contributed by atoms with Crippen molar-refractivity contribution in [2.24, 2.45) is 0 Å². The number of methoxy groups -OCH3 is 1. The predicted octanol–water partition coefficient (Wildman–Crippen LogP) is 4.91. The van der Waals surface area contributed by atoms with E-state index < -0.39 is 12.2 Å². The van der Waals surface area contributed by atoms with Gasteiger partial charge in [-0.25, -0.2) is 9.59 Å². The number of amides is 3. The summed E-state index contributed by atoms with van der Waals surface area (Å²) in [5, 5.41) is 2.65. The lowest BCUT2D eigenvalue weighted by Crippen LogP contribution is -2.40. The van der Waals surface area contributed by atoms with Gasteiger partial charge in [-0.15, -0.1) is 0 Å². The Balaban J connectivity index is 1.58. The van der Waals surface area contributed by atoms with E-state index in [2.05, 4.69) is 33.1 Å². The van der Waals surface area contributed by atoms with E-state index in [4.69, 9.17) is 9.47 Å². The van der Waals surface area contributed by atoms with Crippen molar-refractivity contribution in [2.45, 2.75) is 13.3 Å². The van der Waals surface area contributed by atoms with E-state index in [0.717, 1.165) is 24.0 Å². The van der Waals surface area contributed by atoms with Crippen LogP contribution < -0.4 is 15.1 Å². The first-order valence-electron chi connectivity index (χ1n) is 12.4.